The molecule has 1 aliphatic rings. The molecular formula is C17H20N2O3S. The number of likely N-dealkylation sites (tertiary alicyclic amines) is 1. The fourth-order valence-electron chi connectivity index (χ4n) is 2.80. The highest BCUT2D eigenvalue weighted by Gasteiger charge is 2.24. The first kappa shape index (κ1) is 15.8. The average Bonchev–Trinajstić information content (AvgIpc) is 3.26. The Kier molecular flexibility index (Phi) is 5.12. The summed E-state index contributed by atoms with van der Waals surface area (Å²) in [5, 5.41) is 4.99. The van der Waals surface area contributed by atoms with E-state index in [-0.39, 0.29) is 11.8 Å². The molecule has 0 saturated carbocycles. The molecule has 3 rings (SSSR count). The van der Waals surface area contributed by atoms with Crippen molar-refractivity contribution >= 4 is 23.2 Å². The van der Waals surface area contributed by atoms with Crippen LogP contribution in [0, 0.1) is 5.92 Å². The summed E-state index contributed by atoms with van der Waals surface area (Å²) in [5.41, 5.74) is 0.604. The number of thiophene rings is 1. The molecule has 6 heteroatoms. The van der Waals surface area contributed by atoms with E-state index in [4.69, 9.17) is 4.42 Å². The zero-order valence-corrected chi connectivity index (χ0v) is 13.7. The van der Waals surface area contributed by atoms with Gasteiger partial charge in [-0.1, -0.05) is 6.07 Å². The smallest absolute Gasteiger partial charge is 0.257 e. The van der Waals surface area contributed by atoms with Crippen LogP contribution in [0.25, 0.3) is 0 Å². The van der Waals surface area contributed by atoms with E-state index >= 15 is 0 Å². The minimum Gasteiger partial charge on any atom is -0.472 e. The predicted molar refractivity (Wildman–Crippen MR) is 88.4 cm³/mol. The molecule has 0 atom stereocenters. The lowest BCUT2D eigenvalue weighted by Gasteiger charge is -2.31. The van der Waals surface area contributed by atoms with Crippen molar-refractivity contribution in [1.29, 1.82) is 0 Å². The van der Waals surface area contributed by atoms with E-state index in [9.17, 15) is 9.59 Å². The van der Waals surface area contributed by atoms with Gasteiger partial charge >= 0.3 is 0 Å². The summed E-state index contributed by atoms with van der Waals surface area (Å²) in [7, 11) is 0. The van der Waals surface area contributed by atoms with Crippen LogP contribution in [0.4, 0.5) is 0 Å². The first-order valence-corrected chi connectivity index (χ1v) is 8.71. The van der Waals surface area contributed by atoms with Gasteiger partial charge in [0, 0.05) is 24.5 Å². The van der Waals surface area contributed by atoms with E-state index in [1.807, 2.05) is 22.4 Å². The number of carbonyl (C=O) groups is 2. The largest absolute Gasteiger partial charge is 0.472 e. The minimum atomic E-state index is 0.0268. The third kappa shape index (κ3) is 4.22. The number of hydrogen-bond acceptors (Lipinski definition) is 4. The molecule has 0 radical (unpaired) electrons. The quantitative estimate of drug-likeness (QED) is 0.915. The van der Waals surface area contributed by atoms with E-state index in [1.54, 1.807) is 17.4 Å². The maximum atomic E-state index is 12.2. The summed E-state index contributed by atoms with van der Waals surface area (Å²) in [6, 6.07) is 5.63. The Bertz CT molecular complexity index is 629. The highest BCUT2D eigenvalue weighted by molar-refractivity contribution is 7.10. The van der Waals surface area contributed by atoms with Gasteiger partial charge in [0.15, 0.2) is 0 Å². The number of carbonyl (C=O) groups excluding carboxylic acids is 2. The molecular weight excluding hydrogens is 312 g/mol. The molecule has 0 aromatic carbocycles. The molecule has 0 unspecified atom stereocenters. The number of amides is 2. The number of rotatable bonds is 5. The number of furan rings is 1. The molecule has 2 aromatic heterocycles. The number of nitrogens with one attached hydrogen (secondary N) is 1. The van der Waals surface area contributed by atoms with Gasteiger partial charge in [0.25, 0.3) is 5.91 Å². The molecule has 0 bridgehead atoms. The maximum absolute atomic E-state index is 12.2. The van der Waals surface area contributed by atoms with Gasteiger partial charge in [0.1, 0.15) is 6.26 Å². The van der Waals surface area contributed by atoms with E-state index in [0.717, 1.165) is 30.8 Å². The molecule has 1 saturated heterocycles. The SMILES string of the molecule is O=C(Cc1cccs1)NCC1CCN(C(=O)c2ccoc2)CC1. The lowest BCUT2D eigenvalue weighted by molar-refractivity contribution is -0.120. The maximum Gasteiger partial charge on any atom is 0.257 e. The Labute approximate surface area is 139 Å². The lowest BCUT2D eigenvalue weighted by atomic mass is 9.96. The third-order valence-corrected chi connectivity index (χ3v) is 5.05. The van der Waals surface area contributed by atoms with Gasteiger partial charge < -0.3 is 14.6 Å². The molecule has 1 fully saturated rings. The molecule has 2 aromatic rings. The van der Waals surface area contributed by atoms with Crippen molar-refractivity contribution in [2.75, 3.05) is 19.6 Å². The van der Waals surface area contributed by atoms with Crippen molar-refractivity contribution in [2.24, 2.45) is 5.92 Å². The number of piperidine rings is 1. The Morgan fingerprint density at radius 3 is 2.78 bits per heavy atom. The monoisotopic (exact) mass is 332 g/mol. The summed E-state index contributed by atoms with van der Waals surface area (Å²) in [5.74, 6) is 0.541. The Morgan fingerprint density at radius 2 is 2.13 bits per heavy atom. The van der Waals surface area contributed by atoms with E-state index in [2.05, 4.69) is 5.32 Å². The minimum absolute atomic E-state index is 0.0268. The molecule has 0 spiro atoms. The van der Waals surface area contributed by atoms with Crippen LogP contribution in [0.2, 0.25) is 0 Å². The second kappa shape index (κ2) is 7.46. The van der Waals surface area contributed by atoms with Gasteiger partial charge in [-0.05, 0) is 36.3 Å². The van der Waals surface area contributed by atoms with Crippen LogP contribution in [0.15, 0.2) is 40.5 Å². The van der Waals surface area contributed by atoms with Crippen LogP contribution in [-0.2, 0) is 11.2 Å². The topological polar surface area (TPSA) is 62.6 Å². The van der Waals surface area contributed by atoms with Crippen molar-refractivity contribution in [1.82, 2.24) is 10.2 Å². The van der Waals surface area contributed by atoms with Crippen LogP contribution in [0.1, 0.15) is 28.1 Å². The summed E-state index contributed by atoms with van der Waals surface area (Å²) in [4.78, 5) is 27.1. The predicted octanol–water partition coefficient (Wildman–Crippen LogP) is 2.55. The molecule has 1 aliphatic heterocycles. The molecule has 23 heavy (non-hydrogen) atoms. The van der Waals surface area contributed by atoms with Crippen LogP contribution >= 0.6 is 11.3 Å². The summed E-state index contributed by atoms with van der Waals surface area (Å²) >= 11 is 1.60. The van der Waals surface area contributed by atoms with Crippen molar-refractivity contribution in [3.63, 3.8) is 0 Å². The Morgan fingerprint density at radius 1 is 1.30 bits per heavy atom. The standard InChI is InChI=1S/C17H20N2O3S/c20-16(10-15-2-1-9-23-15)18-11-13-3-6-19(7-4-13)17(21)14-5-8-22-12-14/h1-2,5,8-9,12-13H,3-4,6-7,10-11H2,(H,18,20). The molecule has 5 nitrogen and oxygen atoms in total. The van der Waals surface area contributed by atoms with Crippen LogP contribution < -0.4 is 5.32 Å². The highest BCUT2D eigenvalue weighted by atomic mass is 32.1. The Hall–Kier alpha value is -2.08. The van der Waals surface area contributed by atoms with E-state index in [0.29, 0.717) is 24.4 Å². The number of hydrogen-bond donors (Lipinski definition) is 1. The van der Waals surface area contributed by atoms with Crippen LogP contribution in [0.3, 0.4) is 0 Å². The molecule has 122 valence electrons. The van der Waals surface area contributed by atoms with E-state index in [1.165, 1.54) is 12.5 Å². The fraction of sp³-hybridized carbons (Fsp3) is 0.412. The first-order valence-electron chi connectivity index (χ1n) is 7.83. The highest BCUT2D eigenvalue weighted by Crippen LogP contribution is 2.19. The normalized spacial score (nSPS) is 15.6. The molecule has 2 amide bonds. The second-order valence-electron chi connectivity index (χ2n) is 5.81. The lowest BCUT2D eigenvalue weighted by Crippen LogP contribution is -2.41. The van der Waals surface area contributed by atoms with Gasteiger partial charge in [0.2, 0.25) is 5.91 Å². The molecule has 3 heterocycles. The molecule has 0 aliphatic carbocycles. The van der Waals surface area contributed by atoms with Gasteiger partial charge in [-0.15, -0.1) is 11.3 Å². The summed E-state index contributed by atoms with van der Waals surface area (Å²) in [6.45, 7) is 2.16. The average molecular weight is 332 g/mol. The fourth-order valence-corrected chi connectivity index (χ4v) is 3.50. The van der Waals surface area contributed by atoms with Crippen molar-refractivity contribution in [3.8, 4) is 0 Å². The van der Waals surface area contributed by atoms with Gasteiger partial charge in [-0.2, -0.15) is 0 Å². The third-order valence-electron chi connectivity index (χ3n) is 4.17. The second-order valence-corrected chi connectivity index (χ2v) is 6.84. The van der Waals surface area contributed by atoms with Crippen LogP contribution in [-0.4, -0.2) is 36.3 Å². The summed E-state index contributed by atoms with van der Waals surface area (Å²) < 4.78 is 4.96. The number of nitrogens with zero attached hydrogens (tertiary/aromatic N) is 1. The Balaban J connectivity index is 1.39. The van der Waals surface area contributed by atoms with Crippen LogP contribution in [0.5, 0.6) is 0 Å². The van der Waals surface area contributed by atoms with Crippen molar-refractivity contribution in [2.45, 2.75) is 19.3 Å². The molecule has 1 N–H and O–H groups in total. The zero-order valence-electron chi connectivity index (χ0n) is 12.9. The van der Waals surface area contributed by atoms with Crippen molar-refractivity contribution in [3.05, 3.63) is 46.5 Å². The van der Waals surface area contributed by atoms with Gasteiger partial charge in [-0.25, -0.2) is 0 Å². The van der Waals surface area contributed by atoms with Crippen molar-refractivity contribution < 1.29 is 14.0 Å². The summed E-state index contributed by atoms with van der Waals surface area (Å²) in [6.07, 6.45) is 5.30. The zero-order chi connectivity index (χ0) is 16.1. The van der Waals surface area contributed by atoms with E-state index < -0.39 is 0 Å². The van der Waals surface area contributed by atoms with Gasteiger partial charge in [-0.3, -0.25) is 9.59 Å². The first-order chi connectivity index (χ1) is 11.2. The van der Waals surface area contributed by atoms with Gasteiger partial charge in [0.05, 0.1) is 18.2 Å².